The van der Waals surface area contributed by atoms with E-state index in [1.165, 1.54) is 19.3 Å². The lowest BCUT2D eigenvalue weighted by Gasteiger charge is -2.59. The van der Waals surface area contributed by atoms with E-state index < -0.39 is 0 Å². The van der Waals surface area contributed by atoms with Crippen molar-refractivity contribution in [1.29, 1.82) is 0 Å². The molecule has 3 atom stereocenters. The molecule has 4 rings (SSSR count). The second-order valence-corrected chi connectivity index (χ2v) is 10.1. The maximum absolute atomic E-state index is 12.5. The lowest BCUT2D eigenvalue weighted by Crippen LogP contribution is -2.56. The first-order valence-corrected chi connectivity index (χ1v) is 11.7. The Morgan fingerprint density at radius 2 is 1.66 bits per heavy atom. The number of carbonyl (C=O) groups is 1. The molecule has 0 saturated heterocycles. The van der Waals surface area contributed by atoms with Gasteiger partial charge in [0.1, 0.15) is 17.3 Å². The third kappa shape index (κ3) is 4.49. The Hall–Kier alpha value is -1.51. The van der Waals surface area contributed by atoms with Crippen molar-refractivity contribution in [1.82, 2.24) is 0 Å². The first-order valence-electron chi connectivity index (χ1n) is 11.7. The fourth-order valence-corrected chi connectivity index (χ4v) is 5.52. The Bertz CT molecular complexity index is 694. The summed E-state index contributed by atoms with van der Waals surface area (Å²) in [6.07, 6.45) is 7.20. The van der Waals surface area contributed by atoms with Crippen LogP contribution >= 0.6 is 0 Å². The van der Waals surface area contributed by atoms with Gasteiger partial charge in [-0.2, -0.15) is 0 Å². The van der Waals surface area contributed by atoms with Crippen molar-refractivity contribution in [3.63, 3.8) is 0 Å². The summed E-state index contributed by atoms with van der Waals surface area (Å²) in [4.78, 5) is 12.5. The normalized spacial score (nSPS) is 25.1. The first kappa shape index (κ1) is 23.8. The zero-order valence-corrected chi connectivity index (χ0v) is 19.6. The van der Waals surface area contributed by atoms with Crippen molar-refractivity contribution in [2.24, 2.45) is 17.3 Å². The quantitative estimate of drug-likeness (QED) is 0.479. The molecule has 2 N–H and O–H groups in total. The van der Waals surface area contributed by atoms with Crippen LogP contribution in [0.2, 0.25) is 0 Å². The number of ketones is 1. The minimum absolute atomic E-state index is 0.0316. The fourth-order valence-electron chi connectivity index (χ4n) is 5.52. The van der Waals surface area contributed by atoms with Crippen molar-refractivity contribution in [3.05, 3.63) is 23.3 Å². The molecular formula is C26H42O3. The van der Waals surface area contributed by atoms with Gasteiger partial charge in [-0.25, -0.2) is 0 Å². The average molecular weight is 403 g/mol. The van der Waals surface area contributed by atoms with Gasteiger partial charge in [0.05, 0.1) is 0 Å². The molecule has 0 radical (unpaired) electrons. The molecular weight excluding hydrogens is 360 g/mol. The van der Waals surface area contributed by atoms with Gasteiger partial charge < -0.3 is 10.2 Å². The largest absolute Gasteiger partial charge is 0.508 e. The van der Waals surface area contributed by atoms with Crippen LogP contribution in [-0.4, -0.2) is 16.0 Å². The number of carbonyl (C=O) groups excluding carboxylic acids is 1. The average Bonchev–Trinajstić information content (AvgIpc) is 2.65. The Morgan fingerprint density at radius 3 is 2.14 bits per heavy atom. The molecule has 3 nitrogen and oxygen atoms in total. The number of benzene rings is 1. The van der Waals surface area contributed by atoms with Crippen molar-refractivity contribution >= 4 is 5.78 Å². The minimum Gasteiger partial charge on any atom is -0.508 e. The molecule has 0 heterocycles. The lowest BCUT2D eigenvalue weighted by molar-refractivity contribution is -0.151. The zero-order chi connectivity index (χ0) is 22.0. The van der Waals surface area contributed by atoms with E-state index >= 15 is 0 Å². The third-order valence-electron chi connectivity index (χ3n) is 7.58. The molecule has 29 heavy (non-hydrogen) atoms. The fraction of sp³-hybridized carbons (Fsp3) is 0.731. The highest BCUT2D eigenvalue weighted by molar-refractivity contribution is 5.86. The Labute approximate surface area is 177 Å². The van der Waals surface area contributed by atoms with Gasteiger partial charge in [0.25, 0.3) is 0 Å². The van der Waals surface area contributed by atoms with E-state index in [1.807, 2.05) is 26.0 Å². The SMILES string of the molecule is CC.CCCCCCC(C)(C)c1cc(O)c([C@H]2CC(=O)C3CC2C3(C)C)c(O)c1. The van der Waals surface area contributed by atoms with E-state index in [0.29, 0.717) is 17.9 Å². The molecule has 2 unspecified atom stereocenters. The van der Waals surface area contributed by atoms with Crippen molar-refractivity contribution < 1.29 is 15.0 Å². The van der Waals surface area contributed by atoms with Crippen LogP contribution in [-0.2, 0) is 10.2 Å². The number of hydrogen-bond acceptors (Lipinski definition) is 3. The Balaban J connectivity index is 0.00000145. The number of fused-ring (bicyclic) bond motifs is 2. The van der Waals surface area contributed by atoms with Crippen LogP contribution < -0.4 is 0 Å². The van der Waals surface area contributed by atoms with Crippen LogP contribution in [0.15, 0.2) is 12.1 Å². The van der Waals surface area contributed by atoms with E-state index in [2.05, 4.69) is 34.6 Å². The number of unbranched alkanes of at least 4 members (excludes halogenated alkanes) is 3. The molecule has 0 aromatic heterocycles. The molecule has 3 aliphatic rings. The van der Waals surface area contributed by atoms with Gasteiger partial charge in [-0.05, 0) is 47.3 Å². The second-order valence-electron chi connectivity index (χ2n) is 10.1. The first-order chi connectivity index (χ1) is 13.6. The van der Waals surface area contributed by atoms with Gasteiger partial charge in [-0.1, -0.05) is 74.1 Å². The summed E-state index contributed by atoms with van der Waals surface area (Å²) in [5.74, 6) is 1.04. The van der Waals surface area contributed by atoms with E-state index in [1.54, 1.807) is 0 Å². The van der Waals surface area contributed by atoms with Crippen LogP contribution in [0.25, 0.3) is 0 Å². The summed E-state index contributed by atoms with van der Waals surface area (Å²) in [7, 11) is 0. The maximum Gasteiger partial charge on any atom is 0.137 e. The maximum atomic E-state index is 12.5. The number of aromatic hydroxyl groups is 2. The molecule has 0 spiro atoms. The molecule has 3 heteroatoms. The van der Waals surface area contributed by atoms with Gasteiger partial charge in [-0.15, -0.1) is 0 Å². The van der Waals surface area contributed by atoms with E-state index in [9.17, 15) is 15.0 Å². The van der Waals surface area contributed by atoms with E-state index in [0.717, 1.165) is 24.8 Å². The van der Waals surface area contributed by atoms with E-state index in [4.69, 9.17) is 0 Å². The van der Waals surface area contributed by atoms with Crippen LogP contribution in [0.4, 0.5) is 0 Å². The van der Waals surface area contributed by atoms with Crippen molar-refractivity contribution in [2.75, 3.05) is 0 Å². The summed E-state index contributed by atoms with van der Waals surface area (Å²) in [5.41, 5.74) is 1.44. The predicted octanol–water partition coefficient (Wildman–Crippen LogP) is 7.09. The zero-order valence-electron chi connectivity index (χ0n) is 19.6. The molecule has 3 saturated carbocycles. The molecule has 3 aliphatic carbocycles. The summed E-state index contributed by atoms with van der Waals surface area (Å²) in [6, 6.07) is 3.66. The highest BCUT2D eigenvalue weighted by atomic mass is 16.3. The summed E-state index contributed by atoms with van der Waals surface area (Å²) < 4.78 is 0. The van der Waals surface area contributed by atoms with Crippen molar-refractivity contribution in [3.8, 4) is 11.5 Å². The molecule has 164 valence electrons. The highest BCUT2D eigenvalue weighted by Gasteiger charge is 2.59. The molecule has 2 bridgehead atoms. The van der Waals surface area contributed by atoms with Crippen LogP contribution in [0, 0.1) is 17.3 Å². The number of phenols is 2. The summed E-state index contributed by atoms with van der Waals surface area (Å²) >= 11 is 0. The predicted molar refractivity (Wildman–Crippen MR) is 121 cm³/mol. The summed E-state index contributed by atoms with van der Waals surface area (Å²) in [5, 5.41) is 21.6. The second kappa shape index (κ2) is 9.10. The van der Waals surface area contributed by atoms with Gasteiger partial charge >= 0.3 is 0 Å². The van der Waals surface area contributed by atoms with Crippen molar-refractivity contribution in [2.45, 2.75) is 105 Å². The monoisotopic (exact) mass is 402 g/mol. The van der Waals surface area contributed by atoms with Gasteiger partial charge in [-0.3, -0.25) is 4.79 Å². The smallest absolute Gasteiger partial charge is 0.137 e. The molecule has 0 aliphatic heterocycles. The molecule has 1 aromatic carbocycles. The number of rotatable bonds is 7. The van der Waals surface area contributed by atoms with Gasteiger partial charge in [0, 0.05) is 23.8 Å². The molecule has 3 fully saturated rings. The number of phenolic OH excluding ortho intramolecular Hbond substituents is 2. The van der Waals surface area contributed by atoms with Crippen LogP contribution in [0.3, 0.4) is 0 Å². The van der Waals surface area contributed by atoms with Crippen LogP contribution in [0.1, 0.15) is 110 Å². The molecule has 1 aromatic rings. The Kier molecular flexibility index (Phi) is 7.46. The Morgan fingerprint density at radius 1 is 1.07 bits per heavy atom. The lowest BCUT2D eigenvalue weighted by atomic mass is 9.44. The summed E-state index contributed by atoms with van der Waals surface area (Å²) in [6.45, 7) is 14.9. The van der Waals surface area contributed by atoms with Gasteiger partial charge in [0.2, 0.25) is 0 Å². The van der Waals surface area contributed by atoms with E-state index in [-0.39, 0.29) is 39.9 Å². The highest BCUT2D eigenvalue weighted by Crippen LogP contribution is 2.64. The third-order valence-corrected chi connectivity index (χ3v) is 7.58. The minimum atomic E-state index is -0.0928. The number of Topliss-reactive ketones (excluding diaryl/α,β-unsaturated/α-hetero) is 1. The topological polar surface area (TPSA) is 57.5 Å². The van der Waals surface area contributed by atoms with Gasteiger partial charge in [0.15, 0.2) is 0 Å². The number of hydrogen-bond donors (Lipinski definition) is 2. The molecule has 0 amide bonds. The van der Waals surface area contributed by atoms with Crippen LogP contribution in [0.5, 0.6) is 11.5 Å². The standard InChI is InChI=1S/C24H36O3.C2H6/c1-6-7-8-9-10-23(2,3)15-11-20(26)22(21(27)12-15)16-13-19(25)18-14-17(16)24(18,4)5;1-2/h11-12,16-18,26-27H,6-10,13-14H2,1-5H3;1-2H3/t16-,17?,18?;/m0./s1.